The van der Waals surface area contributed by atoms with Gasteiger partial charge in [-0.3, -0.25) is 9.59 Å². The molecule has 2 aromatic heterocycles. The Morgan fingerprint density at radius 3 is 2.48 bits per heavy atom. The molecule has 0 unspecified atom stereocenters. The van der Waals surface area contributed by atoms with Crippen LogP contribution >= 0.6 is 35.6 Å². The Balaban J connectivity index is 0.00000272. The SMILES string of the molecule is Cc1nc2c(NC(=O)c3c(Cl)cccc3Cl)cccn2c1CC(=O)N1CCOCC1.Cl. The summed E-state index contributed by atoms with van der Waals surface area (Å²) in [7, 11) is 0. The summed E-state index contributed by atoms with van der Waals surface area (Å²) in [5.41, 5.74) is 2.78. The van der Waals surface area contributed by atoms with Crippen molar-refractivity contribution < 1.29 is 14.3 Å². The zero-order valence-electron chi connectivity index (χ0n) is 16.7. The maximum Gasteiger partial charge on any atom is 0.258 e. The quantitative estimate of drug-likeness (QED) is 0.608. The number of hydrogen-bond donors (Lipinski definition) is 1. The third kappa shape index (κ3) is 4.80. The number of morpholine rings is 1. The van der Waals surface area contributed by atoms with Gasteiger partial charge in [0.1, 0.15) is 0 Å². The monoisotopic (exact) mass is 482 g/mol. The summed E-state index contributed by atoms with van der Waals surface area (Å²) in [5, 5.41) is 3.37. The van der Waals surface area contributed by atoms with E-state index in [1.54, 1.807) is 35.2 Å². The Labute approximate surface area is 195 Å². The first-order valence-electron chi connectivity index (χ1n) is 9.53. The Kier molecular flexibility index (Phi) is 7.43. The van der Waals surface area contributed by atoms with Crippen LogP contribution in [0.3, 0.4) is 0 Å². The van der Waals surface area contributed by atoms with E-state index in [9.17, 15) is 9.59 Å². The van der Waals surface area contributed by atoms with Crippen molar-refractivity contribution in [1.29, 1.82) is 0 Å². The lowest BCUT2D eigenvalue weighted by molar-refractivity contribution is -0.134. The third-order valence-electron chi connectivity index (χ3n) is 5.07. The molecule has 0 spiro atoms. The molecule has 1 aliphatic rings. The Morgan fingerprint density at radius 1 is 1.13 bits per heavy atom. The first-order chi connectivity index (χ1) is 14.5. The van der Waals surface area contributed by atoms with Gasteiger partial charge in [0.15, 0.2) is 5.65 Å². The fourth-order valence-electron chi connectivity index (χ4n) is 3.51. The highest BCUT2D eigenvalue weighted by molar-refractivity contribution is 6.40. The van der Waals surface area contributed by atoms with Crippen LogP contribution in [0.1, 0.15) is 21.7 Å². The fraction of sp³-hybridized carbons (Fsp3) is 0.286. The normalized spacial score (nSPS) is 13.7. The van der Waals surface area contributed by atoms with Crippen LogP contribution in [0, 0.1) is 6.92 Å². The van der Waals surface area contributed by atoms with Crippen molar-refractivity contribution >= 4 is 58.8 Å². The number of ether oxygens (including phenoxy) is 1. The molecule has 1 saturated heterocycles. The first kappa shape index (κ1) is 23.3. The number of carbonyl (C=O) groups is 2. The summed E-state index contributed by atoms with van der Waals surface area (Å²) < 4.78 is 7.15. The molecule has 0 saturated carbocycles. The van der Waals surface area contributed by atoms with E-state index < -0.39 is 5.91 Å². The topological polar surface area (TPSA) is 75.9 Å². The van der Waals surface area contributed by atoms with Crippen LogP contribution in [-0.2, 0) is 16.0 Å². The van der Waals surface area contributed by atoms with Gasteiger partial charge in [-0.2, -0.15) is 0 Å². The number of nitrogens with zero attached hydrogens (tertiary/aromatic N) is 3. The number of imidazole rings is 1. The number of pyridine rings is 1. The van der Waals surface area contributed by atoms with Crippen LogP contribution in [0.15, 0.2) is 36.5 Å². The van der Waals surface area contributed by atoms with E-state index in [-0.39, 0.29) is 40.3 Å². The molecule has 2 amide bonds. The van der Waals surface area contributed by atoms with Crippen molar-refractivity contribution in [2.75, 3.05) is 31.6 Å². The highest BCUT2D eigenvalue weighted by Gasteiger charge is 2.22. The van der Waals surface area contributed by atoms with Gasteiger partial charge >= 0.3 is 0 Å². The number of rotatable bonds is 4. The zero-order chi connectivity index (χ0) is 21.3. The summed E-state index contributed by atoms with van der Waals surface area (Å²) in [6.45, 7) is 4.14. The lowest BCUT2D eigenvalue weighted by Crippen LogP contribution is -2.41. The van der Waals surface area contributed by atoms with E-state index in [1.165, 1.54) is 0 Å². The molecule has 0 atom stereocenters. The standard InChI is InChI=1S/C21H20Cl2N4O3.ClH/c1-13-17(12-18(28)26-8-10-30-11-9-26)27-7-3-6-16(20(27)24-13)25-21(29)19-14(22)4-2-5-15(19)23;/h2-7H,8-12H2,1H3,(H,25,29);1H. The molecule has 0 radical (unpaired) electrons. The van der Waals surface area contributed by atoms with E-state index in [1.807, 2.05) is 17.5 Å². The van der Waals surface area contributed by atoms with Gasteiger partial charge in [0, 0.05) is 19.3 Å². The number of carbonyl (C=O) groups excluding carboxylic acids is 2. The number of amides is 2. The summed E-state index contributed by atoms with van der Waals surface area (Å²) >= 11 is 12.3. The largest absolute Gasteiger partial charge is 0.378 e. The van der Waals surface area contributed by atoms with Gasteiger partial charge in [-0.05, 0) is 31.2 Å². The number of anilines is 1. The highest BCUT2D eigenvalue weighted by Crippen LogP contribution is 2.27. The minimum Gasteiger partial charge on any atom is -0.378 e. The molecule has 7 nitrogen and oxygen atoms in total. The fourth-order valence-corrected chi connectivity index (χ4v) is 4.08. The van der Waals surface area contributed by atoms with Gasteiger partial charge in [0.25, 0.3) is 5.91 Å². The summed E-state index contributed by atoms with van der Waals surface area (Å²) in [5.74, 6) is -0.397. The second kappa shape index (κ2) is 9.87. The Bertz CT molecular complexity index is 1110. The van der Waals surface area contributed by atoms with Crippen LogP contribution in [0.4, 0.5) is 5.69 Å². The second-order valence-electron chi connectivity index (χ2n) is 6.98. The van der Waals surface area contributed by atoms with Gasteiger partial charge in [-0.1, -0.05) is 29.3 Å². The first-order valence-corrected chi connectivity index (χ1v) is 10.3. The van der Waals surface area contributed by atoms with Crippen LogP contribution in [0.5, 0.6) is 0 Å². The van der Waals surface area contributed by atoms with E-state index in [0.29, 0.717) is 37.6 Å². The number of nitrogens with one attached hydrogen (secondary N) is 1. The number of hydrogen-bond acceptors (Lipinski definition) is 4. The van der Waals surface area contributed by atoms with Crippen LogP contribution < -0.4 is 5.32 Å². The minimum atomic E-state index is -0.426. The molecule has 31 heavy (non-hydrogen) atoms. The van der Waals surface area contributed by atoms with E-state index in [4.69, 9.17) is 27.9 Å². The molecular weight excluding hydrogens is 463 g/mol. The maximum atomic E-state index is 12.8. The highest BCUT2D eigenvalue weighted by atomic mass is 35.5. The molecule has 0 bridgehead atoms. The number of aryl methyl sites for hydroxylation is 1. The lowest BCUT2D eigenvalue weighted by Gasteiger charge is -2.26. The van der Waals surface area contributed by atoms with Gasteiger partial charge in [-0.25, -0.2) is 4.98 Å². The molecule has 4 rings (SSSR count). The number of halogens is 3. The molecule has 1 N–H and O–H groups in total. The van der Waals surface area contributed by atoms with Crippen molar-refractivity contribution in [1.82, 2.24) is 14.3 Å². The predicted molar refractivity (Wildman–Crippen MR) is 123 cm³/mol. The van der Waals surface area contributed by atoms with Crippen LogP contribution in [-0.4, -0.2) is 52.4 Å². The lowest BCUT2D eigenvalue weighted by atomic mass is 10.2. The van der Waals surface area contributed by atoms with Crippen molar-refractivity contribution in [2.24, 2.45) is 0 Å². The summed E-state index contributed by atoms with van der Waals surface area (Å²) in [6, 6.07) is 8.44. The van der Waals surface area contributed by atoms with Crippen LogP contribution in [0.2, 0.25) is 10.0 Å². The maximum absolute atomic E-state index is 12.8. The second-order valence-corrected chi connectivity index (χ2v) is 7.79. The number of aromatic nitrogens is 2. The number of benzene rings is 1. The molecule has 1 aromatic carbocycles. The minimum absolute atomic E-state index is 0. The molecule has 1 aliphatic heterocycles. The molecule has 1 fully saturated rings. The molecule has 3 heterocycles. The average Bonchev–Trinajstić information content (AvgIpc) is 3.05. The third-order valence-corrected chi connectivity index (χ3v) is 5.70. The van der Waals surface area contributed by atoms with Gasteiger partial charge < -0.3 is 19.4 Å². The van der Waals surface area contributed by atoms with Gasteiger partial charge in [0.2, 0.25) is 5.91 Å². The van der Waals surface area contributed by atoms with Crippen LogP contribution in [0.25, 0.3) is 5.65 Å². The van der Waals surface area contributed by atoms with E-state index >= 15 is 0 Å². The predicted octanol–water partition coefficient (Wildman–Crippen LogP) is 4.02. The summed E-state index contributed by atoms with van der Waals surface area (Å²) in [4.78, 5) is 31.9. The summed E-state index contributed by atoms with van der Waals surface area (Å²) in [6.07, 6.45) is 2.05. The Hall–Kier alpha value is -2.32. The van der Waals surface area contributed by atoms with Crippen molar-refractivity contribution in [3.8, 4) is 0 Å². The van der Waals surface area contributed by atoms with Crippen molar-refractivity contribution in [3.05, 3.63) is 63.5 Å². The Morgan fingerprint density at radius 2 is 1.81 bits per heavy atom. The molecule has 164 valence electrons. The van der Waals surface area contributed by atoms with E-state index in [2.05, 4.69) is 10.3 Å². The number of fused-ring (bicyclic) bond motifs is 1. The van der Waals surface area contributed by atoms with Crippen molar-refractivity contribution in [2.45, 2.75) is 13.3 Å². The van der Waals surface area contributed by atoms with E-state index in [0.717, 1.165) is 11.4 Å². The molecule has 0 aliphatic carbocycles. The smallest absolute Gasteiger partial charge is 0.258 e. The van der Waals surface area contributed by atoms with Gasteiger partial charge in [-0.15, -0.1) is 12.4 Å². The van der Waals surface area contributed by atoms with Gasteiger partial charge in [0.05, 0.1) is 52.3 Å². The zero-order valence-corrected chi connectivity index (χ0v) is 19.1. The molecular formula is C21H21Cl3N4O3. The molecule has 10 heteroatoms. The molecule has 3 aromatic rings. The average molecular weight is 484 g/mol. The van der Waals surface area contributed by atoms with Crippen molar-refractivity contribution in [3.63, 3.8) is 0 Å².